The maximum atomic E-state index is 3.65. The Hall–Kier alpha value is -0.120. The summed E-state index contributed by atoms with van der Waals surface area (Å²) in [4.78, 5) is 5.20. The second kappa shape index (κ2) is 6.88. The molecule has 3 heteroatoms. The van der Waals surface area contributed by atoms with Gasteiger partial charge in [0.25, 0.3) is 0 Å². The van der Waals surface area contributed by atoms with Gasteiger partial charge in [0, 0.05) is 44.8 Å². The van der Waals surface area contributed by atoms with Crippen LogP contribution in [0.1, 0.15) is 41.5 Å². The van der Waals surface area contributed by atoms with E-state index in [0.717, 1.165) is 6.54 Å². The summed E-state index contributed by atoms with van der Waals surface area (Å²) in [6.45, 7) is 20.9. The summed E-state index contributed by atoms with van der Waals surface area (Å²) in [5, 5.41) is 3.65. The van der Waals surface area contributed by atoms with E-state index in [0.29, 0.717) is 17.5 Å². The van der Waals surface area contributed by atoms with E-state index in [1.54, 1.807) is 0 Å². The first-order chi connectivity index (χ1) is 8.34. The van der Waals surface area contributed by atoms with E-state index in [-0.39, 0.29) is 0 Å². The molecule has 1 aliphatic rings. The molecule has 0 amide bonds. The summed E-state index contributed by atoms with van der Waals surface area (Å²) in [5.41, 5.74) is 0.338. The number of nitrogens with one attached hydrogen (secondary N) is 1. The molecule has 1 unspecified atom stereocenters. The summed E-state index contributed by atoms with van der Waals surface area (Å²) >= 11 is 0. The zero-order chi connectivity index (χ0) is 13.8. The van der Waals surface area contributed by atoms with Crippen LogP contribution in [-0.4, -0.2) is 61.2 Å². The topological polar surface area (TPSA) is 18.5 Å². The van der Waals surface area contributed by atoms with Crippen molar-refractivity contribution in [1.82, 2.24) is 15.1 Å². The Morgan fingerprint density at radius 1 is 1.06 bits per heavy atom. The van der Waals surface area contributed by atoms with E-state index in [9.17, 15) is 0 Å². The van der Waals surface area contributed by atoms with Crippen molar-refractivity contribution in [1.29, 1.82) is 0 Å². The highest BCUT2D eigenvalue weighted by molar-refractivity contribution is 4.85. The first-order valence-electron chi connectivity index (χ1n) is 7.54. The molecule has 0 saturated carbocycles. The predicted octanol–water partition coefficient (Wildman–Crippen LogP) is 2.04. The number of nitrogens with zero attached hydrogens (tertiary/aromatic N) is 2. The minimum Gasteiger partial charge on any atom is -0.312 e. The molecule has 0 aromatic rings. The van der Waals surface area contributed by atoms with Gasteiger partial charge in [-0.1, -0.05) is 27.7 Å². The minimum absolute atomic E-state index is 0.338. The summed E-state index contributed by atoms with van der Waals surface area (Å²) in [6, 6.07) is 1.28. The lowest BCUT2D eigenvalue weighted by Gasteiger charge is -2.41. The van der Waals surface area contributed by atoms with Gasteiger partial charge < -0.3 is 5.32 Å². The third kappa shape index (κ3) is 4.87. The normalized spacial score (nSPS) is 21.5. The van der Waals surface area contributed by atoms with Crippen LogP contribution in [0.15, 0.2) is 0 Å². The average molecular weight is 255 g/mol. The molecule has 0 aromatic carbocycles. The zero-order valence-electron chi connectivity index (χ0n) is 13.3. The quantitative estimate of drug-likeness (QED) is 0.811. The molecule has 18 heavy (non-hydrogen) atoms. The molecule has 1 fully saturated rings. The van der Waals surface area contributed by atoms with Gasteiger partial charge in [-0.05, 0) is 25.8 Å². The molecule has 1 N–H and O–H groups in total. The third-order valence-corrected chi connectivity index (χ3v) is 4.07. The lowest BCUT2D eigenvalue weighted by atomic mass is 9.86. The van der Waals surface area contributed by atoms with Crippen molar-refractivity contribution in [2.24, 2.45) is 5.41 Å². The number of hydrogen-bond acceptors (Lipinski definition) is 3. The van der Waals surface area contributed by atoms with Crippen molar-refractivity contribution in [2.45, 2.75) is 53.6 Å². The summed E-state index contributed by atoms with van der Waals surface area (Å²) < 4.78 is 0. The Kier molecular flexibility index (Phi) is 6.09. The Labute approximate surface area is 114 Å². The smallest absolute Gasteiger partial charge is 0.0243 e. The number of piperazine rings is 1. The zero-order valence-corrected chi connectivity index (χ0v) is 13.3. The fourth-order valence-electron chi connectivity index (χ4n) is 2.61. The maximum absolute atomic E-state index is 3.65. The van der Waals surface area contributed by atoms with Crippen LogP contribution in [0, 0.1) is 5.41 Å². The van der Waals surface area contributed by atoms with Gasteiger partial charge in [-0.3, -0.25) is 9.80 Å². The van der Waals surface area contributed by atoms with Crippen molar-refractivity contribution in [3.8, 4) is 0 Å². The number of likely N-dealkylation sites (N-methyl/N-ethyl adjacent to an activating group) is 1. The van der Waals surface area contributed by atoms with Crippen LogP contribution in [0.5, 0.6) is 0 Å². The van der Waals surface area contributed by atoms with Crippen molar-refractivity contribution in [2.75, 3.05) is 39.3 Å². The highest BCUT2D eigenvalue weighted by Gasteiger charge is 2.27. The molecular weight excluding hydrogens is 222 g/mol. The van der Waals surface area contributed by atoms with E-state index < -0.39 is 0 Å². The molecule has 0 radical (unpaired) electrons. The van der Waals surface area contributed by atoms with E-state index >= 15 is 0 Å². The Balaban J connectivity index is 2.42. The molecular formula is C15H33N3. The van der Waals surface area contributed by atoms with Crippen LogP contribution < -0.4 is 5.32 Å². The molecule has 0 aliphatic carbocycles. The molecule has 3 nitrogen and oxygen atoms in total. The Morgan fingerprint density at radius 2 is 1.61 bits per heavy atom. The van der Waals surface area contributed by atoms with Crippen molar-refractivity contribution >= 4 is 0 Å². The number of rotatable bonds is 5. The van der Waals surface area contributed by atoms with Crippen LogP contribution in [0.3, 0.4) is 0 Å². The van der Waals surface area contributed by atoms with Gasteiger partial charge in [-0.15, -0.1) is 0 Å². The summed E-state index contributed by atoms with van der Waals surface area (Å²) in [7, 11) is 0. The standard InChI is InChI=1S/C15H33N3/c1-7-16-14(15(4,5)6)12-17-8-10-18(11-9-17)13(2)3/h13-14,16H,7-12H2,1-6H3. The third-order valence-electron chi connectivity index (χ3n) is 4.07. The van der Waals surface area contributed by atoms with Crippen LogP contribution in [0.4, 0.5) is 0 Å². The molecule has 1 saturated heterocycles. The van der Waals surface area contributed by atoms with Crippen molar-refractivity contribution in [3.05, 3.63) is 0 Å². The van der Waals surface area contributed by atoms with Crippen LogP contribution in [0.25, 0.3) is 0 Å². The average Bonchev–Trinajstić information content (AvgIpc) is 2.28. The van der Waals surface area contributed by atoms with Gasteiger partial charge in [0.05, 0.1) is 0 Å². The fourth-order valence-corrected chi connectivity index (χ4v) is 2.61. The van der Waals surface area contributed by atoms with E-state index in [2.05, 4.69) is 56.7 Å². The largest absolute Gasteiger partial charge is 0.312 e. The second-order valence-electron chi connectivity index (χ2n) is 6.91. The molecule has 0 aromatic heterocycles. The van der Waals surface area contributed by atoms with Gasteiger partial charge in [0.15, 0.2) is 0 Å². The first-order valence-corrected chi connectivity index (χ1v) is 7.54. The van der Waals surface area contributed by atoms with E-state index in [4.69, 9.17) is 0 Å². The molecule has 108 valence electrons. The highest BCUT2D eigenvalue weighted by Crippen LogP contribution is 2.20. The molecule has 0 spiro atoms. The molecule has 0 bridgehead atoms. The van der Waals surface area contributed by atoms with E-state index in [1.165, 1.54) is 32.7 Å². The summed E-state index contributed by atoms with van der Waals surface area (Å²) in [6.07, 6.45) is 0. The molecule has 1 aliphatic heterocycles. The van der Waals surface area contributed by atoms with Crippen LogP contribution in [0.2, 0.25) is 0 Å². The van der Waals surface area contributed by atoms with Crippen LogP contribution in [-0.2, 0) is 0 Å². The first kappa shape index (κ1) is 15.9. The maximum Gasteiger partial charge on any atom is 0.0243 e. The lowest BCUT2D eigenvalue weighted by Crippen LogP contribution is -2.54. The van der Waals surface area contributed by atoms with Crippen molar-refractivity contribution in [3.63, 3.8) is 0 Å². The van der Waals surface area contributed by atoms with Crippen molar-refractivity contribution < 1.29 is 0 Å². The van der Waals surface area contributed by atoms with Gasteiger partial charge in [-0.2, -0.15) is 0 Å². The minimum atomic E-state index is 0.338. The number of hydrogen-bond donors (Lipinski definition) is 1. The lowest BCUT2D eigenvalue weighted by molar-refractivity contribution is 0.0863. The second-order valence-corrected chi connectivity index (χ2v) is 6.91. The molecule has 1 atom stereocenters. The molecule has 1 rings (SSSR count). The van der Waals surface area contributed by atoms with Gasteiger partial charge >= 0.3 is 0 Å². The fraction of sp³-hybridized carbons (Fsp3) is 1.00. The van der Waals surface area contributed by atoms with Crippen LogP contribution >= 0.6 is 0 Å². The van der Waals surface area contributed by atoms with E-state index in [1.807, 2.05) is 0 Å². The highest BCUT2D eigenvalue weighted by atomic mass is 15.3. The SMILES string of the molecule is CCNC(CN1CCN(C(C)C)CC1)C(C)(C)C. The molecule has 1 heterocycles. The predicted molar refractivity (Wildman–Crippen MR) is 80.1 cm³/mol. The van der Waals surface area contributed by atoms with Gasteiger partial charge in [0.1, 0.15) is 0 Å². The van der Waals surface area contributed by atoms with Gasteiger partial charge in [-0.25, -0.2) is 0 Å². The monoisotopic (exact) mass is 255 g/mol. The van der Waals surface area contributed by atoms with Gasteiger partial charge in [0.2, 0.25) is 0 Å². The Bertz CT molecular complexity index is 224. The summed E-state index contributed by atoms with van der Waals surface area (Å²) in [5.74, 6) is 0. The Morgan fingerprint density at radius 3 is 2.00 bits per heavy atom.